The van der Waals surface area contributed by atoms with Gasteiger partial charge in [-0.3, -0.25) is 0 Å². The van der Waals surface area contributed by atoms with E-state index < -0.39 is 0 Å². The largest absolute Gasteiger partial charge is 0.354 e. The number of nitrogens with zero attached hydrogens (tertiary/aromatic N) is 2. The molecule has 1 aromatic rings. The van der Waals surface area contributed by atoms with Crippen molar-refractivity contribution in [2.24, 2.45) is 5.73 Å². The second-order valence-corrected chi connectivity index (χ2v) is 5.23. The molecule has 0 bridgehead atoms. The highest BCUT2D eigenvalue weighted by Crippen LogP contribution is 2.17. The summed E-state index contributed by atoms with van der Waals surface area (Å²) in [5, 5.41) is 0. The third-order valence-electron chi connectivity index (χ3n) is 3.22. The summed E-state index contributed by atoms with van der Waals surface area (Å²) in [6.07, 6.45) is 5.66. The first-order valence-corrected chi connectivity index (χ1v) is 7.04. The van der Waals surface area contributed by atoms with E-state index in [1.54, 1.807) is 0 Å². The van der Waals surface area contributed by atoms with E-state index in [4.69, 9.17) is 5.73 Å². The van der Waals surface area contributed by atoms with Crippen LogP contribution in [-0.4, -0.2) is 17.6 Å². The fraction of sp³-hybridized carbons (Fsp3) is 0.667. The van der Waals surface area contributed by atoms with Crippen LogP contribution in [0.15, 0.2) is 18.3 Å². The summed E-state index contributed by atoms with van der Waals surface area (Å²) in [6, 6.07) is 4.71. The molecule has 18 heavy (non-hydrogen) atoms. The van der Waals surface area contributed by atoms with Crippen LogP contribution >= 0.6 is 0 Å². The van der Waals surface area contributed by atoms with Gasteiger partial charge in [-0.1, -0.05) is 25.8 Å². The molecule has 0 radical (unpaired) electrons. The molecule has 0 aliphatic carbocycles. The van der Waals surface area contributed by atoms with Crippen LogP contribution in [0.4, 0.5) is 5.82 Å². The van der Waals surface area contributed by atoms with E-state index >= 15 is 0 Å². The van der Waals surface area contributed by atoms with Gasteiger partial charge in [0.15, 0.2) is 0 Å². The van der Waals surface area contributed by atoms with Crippen molar-refractivity contribution in [2.75, 3.05) is 11.4 Å². The van der Waals surface area contributed by atoms with Crippen LogP contribution in [-0.2, 0) is 0 Å². The van der Waals surface area contributed by atoms with E-state index in [0.717, 1.165) is 17.9 Å². The predicted octanol–water partition coefficient (Wildman–Crippen LogP) is 3.51. The molecule has 3 nitrogen and oxygen atoms in total. The van der Waals surface area contributed by atoms with Crippen molar-refractivity contribution < 1.29 is 0 Å². The third kappa shape index (κ3) is 4.30. The third-order valence-corrected chi connectivity index (χ3v) is 3.22. The first-order chi connectivity index (χ1) is 8.56. The summed E-state index contributed by atoms with van der Waals surface area (Å²) >= 11 is 0. The van der Waals surface area contributed by atoms with E-state index in [2.05, 4.69) is 42.8 Å². The molecule has 102 valence electrons. The van der Waals surface area contributed by atoms with Crippen molar-refractivity contribution in [3.63, 3.8) is 0 Å². The highest BCUT2D eigenvalue weighted by Gasteiger charge is 2.11. The lowest BCUT2D eigenvalue weighted by Crippen LogP contribution is -2.32. The molecule has 3 heteroatoms. The smallest absolute Gasteiger partial charge is 0.128 e. The van der Waals surface area contributed by atoms with Gasteiger partial charge in [0.2, 0.25) is 0 Å². The molecular formula is C15H27N3. The van der Waals surface area contributed by atoms with E-state index in [1.165, 1.54) is 19.3 Å². The van der Waals surface area contributed by atoms with Crippen LogP contribution in [0.2, 0.25) is 0 Å². The van der Waals surface area contributed by atoms with Gasteiger partial charge in [0.25, 0.3) is 0 Å². The van der Waals surface area contributed by atoms with E-state index in [9.17, 15) is 0 Å². The van der Waals surface area contributed by atoms with Crippen LogP contribution in [0.1, 0.15) is 58.6 Å². The number of unbranched alkanes of at least 4 members (excludes halogenated alkanes) is 2. The van der Waals surface area contributed by atoms with Crippen molar-refractivity contribution in [2.45, 2.75) is 59.0 Å². The number of aromatic nitrogens is 1. The minimum Gasteiger partial charge on any atom is -0.354 e. The van der Waals surface area contributed by atoms with Gasteiger partial charge in [-0.2, -0.15) is 0 Å². The molecule has 0 spiro atoms. The number of pyridine rings is 1. The Hall–Kier alpha value is -1.09. The standard InChI is InChI=1S/C15H27N3/c1-5-6-7-10-18(12(2)3)15-9-8-14(11-17-15)13(4)16/h8-9,11-13H,5-7,10,16H2,1-4H3. The van der Waals surface area contributed by atoms with E-state index in [-0.39, 0.29) is 6.04 Å². The van der Waals surface area contributed by atoms with Crippen molar-refractivity contribution in [3.8, 4) is 0 Å². The van der Waals surface area contributed by atoms with Gasteiger partial charge < -0.3 is 10.6 Å². The van der Waals surface area contributed by atoms with Crippen LogP contribution < -0.4 is 10.6 Å². The zero-order chi connectivity index (χ0) is 13.5. The van der Waals surface area contributed by atoms with Crippen molar-refractivity contribution in [1.29, 1.82) is 0 Å². The first kappa shape index (κ1) is 15.0. The van der Waals surface area contributed by atoms with Gasteiger partial charge in [-0.15, -0.1) is 0 Å². The SMILES string of the molecule is CCCCCN(c1ccc(C(C)N)cn1)C(C)C. The maximum atomic E-state index is 5.84. The van der Waals surface area contributed by atoms with Crippen LogP contribution in [0, 0.1) is 0 Å². The summed E-state index contributed by atoms with van der Waals surface area (Å²) in [4.78, 5) is 6.91. The van der Waals surface area contributed by atoms with Crippen LogP contribution in [0.3, 0.4) is 0 Å². The molecule has 0 amide bonds. The molecule has 1 atom stereocenters. The topological polar surface area (TPSA) is 42.1 Å². The molecule has 0 fully saturated rings. The average molecular weight is 249 g/mol. The molecule has 1 unspecified atom stereocenters. The minimum absolute atomic E-state index is 0.0548. The number of rotatable bonds is 7. The Kier molecular flexibility index (Phi) is 6.13. The highest BCUT2D eigenvalue weighted by atomic mass is 15.2. The van der Waals surface area contributed by atoms with E-state index in [1.807, 2.05) is 13.1 Å². The predicted molar refractivity (Wildman–Crippen MR) is 78.8 cm³/mol. The zero-order valence-electron chi connectivity index (χ0n) is 12.2. The molecule has 0 aliphatic rings. The summed E-state index contributed by atoms with van der Waals surface area (Å²) in [7, 11) is 0. The number of anilines is 1. The van der Waals surface area contributed by atoms with Crippen molar-refractivity contribution >= 4 is 5.82 Å². The van der Waals surface area contributed by atoms with Gasteiger partial charge in [-0.05, 0) is 38.8 Å². The maximum absolute atomic E-state index is 5.84. The fourth-order valence-corrected chi connectivity index (χ4v) is 2.01. The summed E-state index contributed by atoms with van der Waals surface area (Å²) in [5.41, 5.74) is 6.94. The lowest BCUT2D eigenvalue weighted by atomic mass is 10.1. The Balaban J connectivity index is 2.72. The molecule has 1 aromatic heterocycles. The Labute approximate surface area is 111 Å². The Morgan fingerprint density at radius 1 is 1.22 bits per heavy atom. The van der Waals surface area contributed by atoms with Crippen molar-refractivity contribution in [3.05, 3.63) is 23.9 Å². The van der Waals surface area contributed by atoms with Crippen molar-refractivity contribution in [1.82, 2.24) is 4.98 Å². The normalized spacial score (nSPS) is 12.8. The van der Waals surface area contributed by atoms with Crippen LogP contribution in [0.5, 0.6) is 0 Å². The second-order valence-electron chi connectivity index (χ2n) is 5.23. The quantitative estimate of drug-likeness (QED) is 0.752. The molecule has 1 heterocycles. The van der Waals surface area contributed by atoms with Gasteiger partial charge in [-0.25, -0.2) is 4.98 Å². The lowest BCUT2D eigenvalue weighted by Gasteiger charge is -2.28. The molecule has 0 saturated heterocycles. The van der Waals surface area contributed by atoms with Gasteiger partial charge in [0.05, 0.1) is 0 Å². The van der Waals surface area contributed by atoms with Gasteiger partial charge in [0.1, 0.15) is 5.82 Å². The number of hydrogen-bond acceptors (Lipinski definition) is 3. The molecule has 2 N–H and O–H groups in total. The lowest BCUT2D eigenvalue weighted by molar-refractivity contribution is 0.619. The Morgan fingerprint density at radius 2 is 1.94 bits per heavy atom. The Morgan fingerprint density at radius 3 is 2.39 bits per heavy atom. The maximum Gasteiger partial charge on any atom is 0.128 e. The first-order valence-electron chi connectivity index (χ1n) is 7.04. The monoisotopic (exact) mass is 249 g/mol. The number of nitrogens with two attached hydrogens (primary N) is 1. The second kappa shape index (κ2) is 7.37. The summed E-state index contributed by atoms with van der Waals surface area (Å²) in [6.45, 7) is 9.73. The average Bonchev–Trinajstić information content (AvgIpc) is 2.34. The van der Waals surface area contributed by atoms with Gasteiger partial charge in [0, 0.05) is 24.8 Å². The van der Waals surface area contributed by atoms with E-state index in [0.29, 0.717) is 6.04 Å². The molecule has 0 aliphatic heterocycles. The molecule has 0 saturated carbocycles. The summed E-state index contributed by atoms with van der Waals surface area (Å²) < 4.78 is 0. The number of hydrogen-bond donors (Lipinski definition) is 1. The Bertz CT molecular complexity index is 330. The fourth-order valence-electron chi connectivity index (χ4n) is 2.01. The summed E-state index contributed by atoms with van der Waals surface area (Å²) in [5.74, 6) is 1.06. The molecular weight excluding hydrogens is 222 g/mol. The zero-order valence-corrected chi connectivity index (χ0v) is 12.2. The van der Waals surface area contributed by atoms with Crippen LogP contribution in [0.25, 0.3) is 0 Å². The highest BCUT2D eigenvalue weighted by molar-refractivity contribution is 5.40. The van der Waals surface area contributed by atoms with Gasteiger partial charge >= 0.3 is 0 Å². The molecule has 1 rings (SSSR count). The minimum atomic E-state index is 0.0548. The molecule has 0 aromatic carbocycles.